The van der Waals surface area contributed by atoms with Crippen LogP contribution in [0.1, 0.15) is 26.0 Å². The van der Waals surface area contributed by atoms with Crippen LogP contribution in [0.15, 0.2) is 30.6 Å². The van der Waals surface area contributed by atoms with Crippen LogP contribution < -0.4 is 4.90 Å². The lowest BCUT2D eigenvalue weighted by molar-refractivity contribution is 0.00805. The predicted octanol–water partition coefficient (Wildman–Crippen LogP) is 2.06. The Bertz CT molecular complexity index is 623. The van der Waals surface area contributed by atoms with Crippen LogP contribution in [0.4, 0.5) is 5.82 Å². The van der Waals surface area contributed by atoms with E-state index >= 15 is 0 Å². The summed E-state index contributed by atoms with van der Waals surface area (Å²) < 4.78 is 0. The van der Waals surface area contributed by atoms with Gasteiger partial charge < -0.3 is 10.0 Å². The van der Waals surface area contributed by atoms with Crippen LogP contribution in [0.5, 0.6) is 0 Å². The van der Waals surface area contributed by atoms with Crippen molar-refractivity contribution in [2.45, 2.75) is 32.3 Å². The molecule has 1 fully saturated rings. The van der Waals surface area contributed by atoms with E-state index in [1.165, 1.54) is 0 Å². The smallest absolute Gasteiger partial charge is 0.161 e. The fraction of sp³-hybridized carbons (Fsp3) is 0.438. The standard InChI is InChI=1S/C16H20N4O/c1-3-13-9-14(20-10-16(21,4-2)11-20)19-15(18-13)12-5-7-17-8-6-12/h5-9,21H,3-4,10-11H2,1-2H3. The van der Waals surface area contributed by atoms with Gasteiger partial charge in [0.1, 0.15) is 5.82 Å². The normalized spacial score (nSPS) is 16.6. The molecule has 1 N–H and O–H groups in total. The van der Waals surface area contributed by atoms with Crippen molar-refractivity contribution in [2.75, 3.05) is 18.0 Å². The molecule has 1 aliphatic heterocycles. The molecule has 3 rings (SSSR count). The molecule has 110 valence electrons. The van der Waals surface area contributed by atoms with Crippen LogP contribution >= 0.6 is 0 Å². The first-order valence-electron chi connectivity index (χ1n) is 7.39. The highest BCUT2D eigenvalue weighted by Crippen LogP contribution is 2.30. The van der Waals surface area contributed by atoms with Gasteiger partial charge >= 0.3 is 0 Å². The molecule has 0 unspecified atom stereocenters. The summed E-state index contributed by atoms with van der Waals surface area (Å²) in [6.07, 6.45) is 5.12. The zero-order valence-corrected chi connectivity index (χ0v) is 12.5. The van der Waals surface area contributed by atoms with E-state index in [9.17, 15) is 5.11 Å². The summed E-state index contributed by atoms with van der Waals surface area (Å²) in [4.78, 5) is 15.4. The Hall–Kier alpha value is -2.01. The van der Waals surface area contributed by atoms with Gasteiger partial charge in [0.25, 0.3) is 0 Å². The monoisotopic (exact) mass is 284 g/mol. The quantitative estimate of drug-likeness (QED) is 0.931. The lowest BCUT2D eigenvalue weighted by Gasteiger charge is -2.46. The average Bonchev–Trinajstić information content (AvgIpc) is 2.52. The zero-order chi connectivity index (χ0) is 14.9. The van der Waals surface area contributed by atoms with E-state index in [4.69, 9.17) is 0 Å². The van der Waals surface area contributed by atoms with Crippen LogP contribution in [-0.4, -0.2) is 38.7 Å². The second-order valence-corrected chi connectivity index (χ2v) is 5.56. The summed E-state index contributed by atoms with van der Waals surface area (Å²) >= 11 is 0. The Morgan fingerprint density at radius 1 is 1.19 bits per heavy atom. The molecule has 1 saturated heterocycles. The Labute approximate surface area is 124 Å². The summed E-state index contributed by atoms with van der Waals surface area (Å²) in [5.74, 6) is 1.62. The van der Waals surface area contributed by atoms with Crippen LogP contribution in [0.2, 0.25) is 0 Å². The molecule has 1 aliphatic rings. The van der Waals surface area contributed by atoms with Crippen molar-refractivity contribution < 1.29 is 5.11 Å². The van der Waals surface area contributed by atoms with E-state index in [2.05, 4.69) is 26.8 Å². The molecule has 5 heteroatoms. The fourth-order valence-corrected chi connectivity index (χ4v) is 2.51. The van der Waals surface area contributed by atoms with Crippen molar-refractivity contribution >= 4 is 5.82 Å². The number of hydrogen-bond acceptors (Lipinski definition) is 5. The molecule has 0 bridgehead atoms. The van der Waals surface area contributed by atoms with Crippen LogP contribution in [0, 0.1) is 0 Å². The largest absolute Gasteiger partial charge is 0.386 e. The first kappa shape index (κ1) is 13.9. The molecule has 21 heavy (non-hydrogen) atoms. The van der Waals surface area contributed by atoms with E-state index in [0.29, 0.717) is 13.1 Å². The number of pyridine rings is 1. The first-order valence-corrected chi connectivity index (χ1v) is 7.39. The van der Waals surface area contributed by atoms with Gasteiger partial charge in [-0.1, -0.05) is 13.8 Å². The van der Waals surface area contributed by atoms with Crippen molar-refractivity contribution in [1.82, 2.24) is 15.0 Å². The average molecular weight is 284 g/mol. The number of aryl methyl sites for hydroxylation is 1. The van der Waals surface area contributed by atoms with Crippen LogP contribution in [0.25, 0.3) is 11.4 Å². The molecular weight excluding hydrogens is 264 g/mol. The summed E-state index contributed by atoms with van der Waals surface area (Å²) in [5.41, 5.74) is 1.42. The molecule has 0 aromatic carbocycles. The fourth-order valence-electron chi connectivity index (χ4n) is 2.51. The number of anilines is 1. The van der Waals surface area contributed by atoms with Crippen molar-refractivity contribution in [1.29, 1.82) is 0 Å². The molecule has 0 atom stereocenters. The summed E-state index contributed by atoms with van der Waals surface area (Å²) in [5, 5.41) is 10.2. The highest BCUT2D eigenvalue weighted by Gasteiger charge is 2.40. The summed E-state index contributed by atoms with van der Waals surface area (Å²) in [6, 6.07) is 5.84. The molecule has 0 radical (unpaired) electrons. The predicted molar refractivity (Wildman–Crippen MR) is 82.1 cm³/mol. The van der Waals surface area contributed by atoms with E-state index in [0.717, 1.165) is 35.7 Å². The molecule has 2 aromatic heterocycles. The van der Waals surface area contributed by atoms with Gasteiger partial charge in [-0.2, -0.15) is 0 Å². The van der Waals surface area contributed by atoms with Gasteiger partial charge in [0, 0.05) is 42.8 Å². The Morgan fingerprint density at radius 3 is 2.52 bits per heavy atom. The summed E-state index contributed by atoms with van der Waals surface area (Å²) in [6.45, 7) is 5.37. The van der Waals surface area contributed by atoms with E-state index < -0.39 is 5.60 Å². The lowest BCUT2D eigenvalue weighted by atomic mass is 9.91. The van der Waals surface area contributed by atoms with Gasteiger partial charge in [-0.15, -0.1) is 0 Å². The molecule has 5 nitrogen and oxygen atoms in total. The van der Waals surface area contributed by atoms with E-state index in [1.807, 2.05) is 25.1 Å². The van der Waals surface area contributed by atoms with Gasteiger partial charge in [0.2, 0.25) is 0 Å². The van der Waals surface area contributed by atoms with Crippen molar-refractivity contribution in [2.24, 2.45) is 0 Å². The topological polar surface area (TPSA) is 62.1 Å². The highest BCUT2D eigenvalue weighted by atomic mass is 16.3. The maximum absolute atomic E-state index is 10.2. The van der Waals surface area contributed by atoms with Crippen LogP contribution in [-0.2, 0) is 6.42 Å². The van der Waals surface area contributed by atoms with Gasteiger partial charge in [-0.3, -0.25) is 4.98 Å². The highest BCUT2D eigenvalue weighted by molar-refractivity contribution is 5.58. The van der Waals surface area contributed by atoms with Crippen molar-refractivity contribution in [3.63, 3.8) is 0 Å². The van der Waals surface area contributed by atoms with Crippen LogP contribution in [0.3, 0.4) is 0 Å². The van der Waals surface area contributed by atoms with Crippen molar-refractivity contribution in [3.05, 3.63) is 36.3 Å². The van der Waals surface area contributed by atoms with Gasteiger partial charge in [-0.25, -0.2) is 9.97 Å². The number of β-amino-alcohol motifs (C(OH)–C–C–N with tert-alkyl or cyclic N) is 1. The molecule has 0 amide bonds. The Kier molecular flexibility index (Phi) is 3.59. The van der Waals surface area contributed by atoms with Gasteiger partial charge in [0.15, 0.2) is 5.82 Å². The van der Waals surface area contributed by atoms with E-state index in [-0.39, 0.29) is 0 Å². The summed E-state index contributed by atoms with van der Waals surface area (Å²) in [7, 11) is 0. The van der Waals surface area contributed by atoms with Crippen molar-refractivity contribution in [3.8, 4) is 11.4 Å². The number of rotatable bonds is 4. The van der Waals surface area contributed by atoms with Gasteiger partial charge in [-0.05, 0) is 25.0 Å². The molecule has 0 saturated carbocycles. The van der Waals surface area contributed by atoms with E-state index in [1.54, 1.807) is 12.4 Å². The minimum absolute atomic E-state index is 0.561. The molecule has 0 spiro atoms. The number of nitrogens with zero attached hydrogens (tertiary/aromatic N) is 4. The molecular formula is C16H20N4O. The number of aromatic nitrogens is 3. The third kappa shape index (κ3) is 2.74. The van der Waals surface area contributed by atoms with Gasteiger partial charge in [0.05, 0.1) is 5.60 Å². The zero-order valence-electron chi connectivity index (χ0n) is 12.5. The second kappa shape index (κ2) is 5.41. The Balaban J connectivity index is 1.92. The minimum Gasteiger partial charge on any atom is -0.386 e. The lowest BCUT2D eigenvalue weighted by Crippen LogP contribution is -2.61. The maximum Gasteiger partial charge on any atom is 0.161 e. The third-order valence-corrected chi connectivity index (χ3v) is 4.02. The second-order valence-electron chi connectivity index (χ2n) is 5.56. The maximum atomic E-state index is 10.2. The molecule has 0 aliphatic carbocycles. The number of aliphatic hydroxyl groups is 1. The minimum atomic E-state index is -0.561. The Morgan fingerprint density at radius 2 is 1.90 bits per heavy atom. The number of hydrogen-bond donors (Lipinski definition) is 1. The molecule has 3 heterocycles. The SMILES string of the molecule is CCc1cc(N2CC(O)(CC)C2)nc(-c2ccncc2)n1. The third-order valence-electron chi connectivity index (χ3n) is 4.02. The molecule has 2 aromatic rings. The first-order chi connectivity index (χ1) is 10.1.